The lowest BCUT2D eigenvalue weighted by Gasteiger charge is -2.23. The number of nitrogens with one attached hydrogen (secondary N) is 3. The molecule has 3 N–H and O–H groups in total. The largest absolute Gasteiger partial charge is 0.496 e. The van der Waals surface area contributed by atoms with E-state index in [1.165, 1.54) is 0 Å². The summed E-state index contributed by atoms with van der Waals surface area (Å²) in [6.45, 7) is 5.83. The lowest BCUT2D eigenvalue weighted by molar-refractivity contribution is 0.0919. The second kappa shape index (κ2) is 9.05. The molecule has 0 spiro atoms. The van der Waals surface area contributed by atoms with Crippen LogP contribution in [0, 0.1) is 5.92 Å². The second-order valence-electron chi connectivity index (χ2n) is 6.80. The molecule has 2 heterocycles. The summed E-state index contributed by atoms with van der Waals surface area (Å²) < 4.78 is 5.44. The summed E-state index contributed by atoms with van der Waals surface area (Å²) in [6, 6.07) is 7.94. The van der Waals surface area contributed by atoms with Crippen LogP contribution in [0.2, 0.25) is 0 Å². The molecule has 1 aromatic heterocycles. The molecule has 6 nitrogen and oxygen atoms in total. The molecule has 1 aliphatic rings. The number of amides is 1. The van der Waals surface area contributed by atoms with Gasteiger partial charge in [-0.15, -0.1) is 12.4 Å². The maximum atomic E-state index is 12.8. The molecule has 1 amide bonds. The maximum Gasteiger partial charge on any atom is 0.272 e. The first-order valence-corrected chi connectivity index (χ1v) is 8.79. The van der Waals surface area contributed by atoms with E-state index in [4.69, 9.17) is 4.74 Å². The molecular formula is C19H27ClN4O2. The third-order valence-corrected chi connectivity index (χ3v) is 4.77. The Balaban J connectivity index is 0.00000243. The Labute approximate surface area is 160 Å². The number of halogens is 1. The minimum atomic E-state index is -0.116. The number of fused-ring (bicyclic) bond motifs is 1. The Morgan fingerprint density at radius 1 is 1.35 bits per heavy atom. The van der Waals surface area contributed by atoms with Gasteiger partial charge in [-0.1, -0.05) is 32.0 Å². The number of H-pyrrole nitrogens is 1. The van der Waals surface area contributed by atoms with Crippen molar-refractivity contribution in [3.8, 4) is 5.75 Å². The van der Waals surface area contributed by atoms with Gasteiger partial charge >= 0.3 is 0 Å². The first-order chi connectivity index (χ1) is 12.1. The topological polar surface area (TPSA) is 79.0 Å². The van der Waals surface area contributed by atoms with Gasteiger partial charge < -0.3 is 15.4 Å². The molecule has 0 bridgehead atoms. The molecule has 1 unspecified atom stereocenters. The van der Waals surface area contributed by atoms with Gasteiger partial charge in [-0.3, -0.25) is 9.89 Å². The fraction of sp³-hybridized carbons (Fsp3) is 0.474. The van der Waals surface area contributed by atoms with Crippen LogP contribution in [0.25, 0.3) is 0 Å². The fourth-order valence-electron chi connectivity index (χ4n) is 3.21. The number of carbonyl (C=O) groups is 1. The van der Waals surface area contributed by atoms with E-state index < -0.39 is 0 Å². The van der Waals surface area contributed by atoms with Crippen molar-refractivity contribution >= 4 is 18.3 Å². The molecule has 26 heavy (non-hydrogen) atoms. The summed E-state index contributed by atoms with van der Waals surface area (Å²) in [5.74, 6) is 1.03. The van der Waals surface area contributed by atoms with E-state index in [1.54, 1.807) is 7.11 Å². The predicted molar refractivity (Wildman–Crippen MR) is 104 cm³/mol. The van der Waals surface area contributed by atoms with Gasteiger partial charge in [-0.25, -0.2) is 0 Å². The minimum absolute atomic E-state index is 0. The van der Waals surface area contributed by atoms with E-state index in [9.17, 15) is 4.79 Å². The van der Waals surface area contributed by atoms with E-state index in [2.05, 4.69) is 34.7 Å². The maximum absolute atomic E-state index is 12.8. The smallest absolute Gasteiger partial charge is 0.272 e. The Kier molecular flexibility index (Phi) is 7.06. The standard InChI is InChI=1S/C19H26N4O2.ClH/c1-12(2)16(10-13-6-4-5-7-17(13)25-3)21-19(24)18-14-11-20-9-8-15(14)22-23-18;/h4-7,12,16,20H,8-11H2,1-3H3,(H,21,24)(H,22,23);1H. The van der Waals surface area contributed by atoms with E-state index in [0.717, 1.165) is 42.0 Å². The van der Waals surface area contributed by atoms with E-state index in [-0.39, 0.29) is 24.4 Å². The first-order valence-electron chi connectivity index (χ1n) is 8.79. The monoisotopic (exact) mass is 378 g/mol. The molecule has 1 atom stereocenters. The number of nitrogens with zero attached hydrogens (tertiary/aromatic N) is 1. The first kappa shape index (κ1) is 20.3. The Bertz CT molecular complexity index is 745. The average molecular weight is 379 g/mol. The normalized spacial score (nSPS) is 14.3. The molecule has 1 aromatic carbocycles. The molecule has 0 fully saturated rings. The van der Waals surface area contributed by atoms with Gasteiger partial charge in [0.2, 0.25) is 0 Å². The van der Waals surface area contributed by atoms with Gasteiger partial charge in [-0.05, 0) is 24.0 Å². The molecule has 3 rings (SSSR count). The van der Waals surface area contributed by atoms with Crippen LogP contribution in [0.5, 0.6) is 5.75 Å². The van der Waals surface area contributed by atoms with Gasteiger partial charge in [0.1, 0.15) is 5.75 Å². The Morgan fingerprint density at radius 2 is 2.12 bits per heavy atom. The molecule has 0 saturated carbocycles. The highest BCUT2D eigenvalue weighted by atomic mass is 35.5. The molecule has 0 radical (unpaired) electrons. The second-order valence-corrected chi connectivity index (χ2v) is 6.80. The summed E-state index contributed by atoms with van der Waals surface area (Å²) in [5, 5.41) is 13.7. The number of carbonyl (C=O) groups excluding carboxylic acids is 1. The van der Waals surface area contributed by atoms with E-state index in [1.807, 2.05) is 24.3 Å². The van der Waals surface area contributed by atoms with Crippen molar-refractivity contribution in [3.05, 3.63) is 46.8 Å². The van der Waals surface area contributed by atoms with Crippen LogP contribution >= 0.6 is 12.4 Å². The molecule has 1 aliphatic heterocycles. The third kappa shape index (κ3) is 4.37. The van der Waals surface area contributed by atoms with Crippen molar-refractivity contribution in [3.63, 3.8) is 0 Å². The number of para-hydroxylation sites is 1. The SMILES string of the molecule is COc1ccccc1CC(NC(=O)c1n[nH]c2c1CNCC2)C(C)C.Cl. The number of benzene rings is 1. The van der Waals surface area contributed by atoms with Crippen molar-refractivity contribution in [1.82, 2.24) is 20.8 Å². The van der Waals surface area contributed by atoms with Gasteiger partial charge in [0.05, 0.1) is 7.11 Å². The number of rotatable bonds is 6. The molecule has 2 aromatic rings. The number of methoxy groups -OCH3 is 1. The highest BCUT2D eigenvalue weighted by molar-refractivity contribution is 5.94. The Hall–Kier alpha value is -2.05. The quantitative estimate of drug-likeness (QED) is 0.721. The van der Waals surface area contributed by atoms with E-state index in [0.29, 0.717) is 18.2 Å². The van der Waals surface area contributed by atoms with Gasteiger partial charge in [0.25, 0.3) is 5.91 Å². The number of ether oxygens (including phenoxy) is 1. The zero-order valence-electron chi connectivity index (χ0n) is 15.5. The van der Waals surface area contributed by atoms with Crippen LogP contribution in [0.3, 0.4) is 0 Å². The third-order valence-electron chi connectivity index (χ3n) is 4.77. The summed E-state index contributed by atoms with van der Waals surface area (Å²) >= 11 is 0. The number of aromatic amines is 1. The van der Waals surface area contributed by atoms with Crippen molar-refractivity contribution in [2.75, 3.05) is 13.7 Å². The van der Waals surface area contributed by atoms with Crippen LogP contribution < -0.4 is 15.4 Å². The number of aromatic nitrogens is 2. The van der Waals surface area contributed by atoms with Gasteiger partial charge in [0, 0.05) is 36.8 Å². The van der Waals surface area contributed by atoms with Crippen LogP contribution in [-0.2, 0) is 19.4 Å². The summed E-state index contributed by atoms with van der Waals surface area (Å²) in [5.41, 5.74) is 3.65. The molecular weight excluding hydrogens is 352 g/mol. The average Bonchev–Trinajstić information content (AvgIpc) is 3.05. The zero-order chi connectivity index (χ0) is 17.8. The van der Waals surface area contributed by atoms with Gasteiger partial charge in [-0.2, -0.15) is 5.10 Å². The summed E-state index contributed by atoms with van der Waals surface area (Å²) in [7, 11) is 1.67. The highest BCUT2D eigenvalue weighted by Crippen LogP contribution is 2.22. The number of hydrogen-bond donors (Lipinski definition) is 3. The highest BCUT2D eigenvalue weighted by Gasteiger charge is 2.25. The van der Waals surface area contributed by atoms with Gasteiger partial charge in [0.15, 0.2) is 5.69 Å². The van der Waals surface area contributed by atoms with Crippen molar-refractivity contribution in [1.29, 1.82) is 0 Å². The van der Waals surface area contributed by atoms with Crippen molar-refractivity contribution in [2.24, 2.45) is 5.92 Å². The summed E-state index contributed by atoms with van der Waals surface area (Å²) in [4.78, 5) is 12.8. The van der Waals surface area contributed by atoms with Crippen molar-refractivity contribution in [2.45, 2.75) is 39.3 Å². The minimum Gasteiger partial charge on any atom is -0.496 e. The van der Waals surface area contributed by atoms with E-state index >= 15 is 0 Å². The van der Waals surface area contributed by atoms with Crippen LogP contribution in [-0.4, -0.2) is 35.8 Å². The lowest BCUT2D eigenvalue weighted by Crippen LogP contribution is -2.41. The van der Waals surface area contributed by atoms with Crippen LogP contribution in [0.1, 0.15) is 41.2 Å². The van der Waals surface area contributed by atoms with Crippen LogP contribution in [0.4, 0.5) is 0 Å². The fourth-order valence-corrected chi connectivity index (χ4v) is 3.21. The van der Waals surface area contributed by atoms with Crippen molar-refractivity contribution < 1.29 is 9.53 Å². The lowest BCUT2D eigenvalue weighted by atomic mass is 9.95. The molecule has 7 heteroatoms. The summed E-state index contributed by atoms with van der Waals surface area (Å²) in [6.07, 6.45) is 1.60. The molecule has 0 saturated heterocycles. The molecule has 0 aliphatic carbocycles. The predicted octanol–water partition coefficient (Wildman–Crippen LogP) is 2.48. The number of hydrogen-bond acceptors (Lipinski definition) is 4. The van der Waals surface area contributed by atoms with Crippen LogP contribution in [0.15, 0.2) is 24.3 Å². The Morgan fingerprint density at radius 3 is 2.85 bits per heavy atom. The zero-order valence-corrected chi connectivity index (χ0v) is 16.3. The molecule has 142 valence electrons.